The fraction of sp³-hybridized carbons (Fsp3) is 0.235. The van der Waals surface area contributed by atoms with Crippen molar-refractivity contribution in [3.05, 3.63) is 53.6 Å². The normalized spacial score (nSPS) is 17.5. The molecule has 2 heterocycles. The van der Waals surface area contributed by atoms with Crippen LogP contribution in [0.2, 0.25) is 0 Å². The molecule has 0 saturated heterocycles. The van der Waals surface area contributed by atoms with Crippen LogP contribution in [0.1, 0.15) is 23.6 Å². The summed E-state index contributed by atoms with van der Waals surface area (Å²) in [5.74, 6) is 1.10. The average molecular weight is 278 g/mol. The highest BCUT2D eigenvalue weighted by Crippen LogP contribution is 2.35. The average Bonchev–Trinajstić information content (AvgIpc) is 2.85. The van der Waals surface area contributed by atoms with Gasteiger partial charge in [0, 0.05) is 17.6 Å². The van der Waals surface area contributed by atoms with Crippen LogP contribution in [0.5, 0.6) is 0 Å². The van der Waals surface area contributed by atoms with E-state index in [2.05, 4.69) is 47.3 Å². The van der Waals surface area contributed by atoms with E-state index in [1.54, 1.807) is 0 Å². The molecule has 0 spiro atoms. The lowest BCUT2D eigenvalue weighted by atomic mass is 9.98. The van der Waals surface area contributed by atoms with Crippen molar-refractivity contribution in [2.75, 3.05) is 17.6 Å². The number of benzene rings is 2. The summed E-state index contributed by atoms with van der Waals surface area (Å²) in [5, 5.41) is 9.41. The molecule has 21 heavy (non-hydrogen) atoms. The highest BCUT2D eigenvalue weighted by Gasteiger charge is 2.25. The Morgan fingerprint density at radius 1 is 1.24 bits per heavy atom. The Balaban J connectivity index is 1.92. The van der Waals surface area contributed by atoms with E-state index in [0.717, 1.165) is 35.4 Å². The topological polar surface area (TPSA) is 55.9 Å². The van der Waals surface area contributed by atoms with E-state index in [1.807, 2.05) is 12.1 Å². The largest absolute Gasteiger partial charge is 0.399 e. The monoisotopic (exact) mass is 278 g/mol. The number of aromatic nitrogens is 2. The second kappa shape index (κ2) is 4.52. The number of nitrogens with two attached hydrogens (primary N) is 1. The van der Waals surface area contributed by atoms with Crippen molar-refractivity contribution in [3.63, 3.8) is 0 Å². The van der Waals surface area contributed by atoms with Gasteiger partial charge in [-0.1, -0.05) is 24.3 Å². The maximum atomic E-state index is 5.88. The predicted octanol–water partition coefficient (Wildman–Crippen LogP) is 3.33. The van der Waals surface area contributed by atoms with Crippen LogP contribution in [0.25, 0.3) is 10.9 Å². The van der Waals surface area contributed by atoms with Gasteiger partial charge in [0.2, 0.25) is 0 Å². The molecule has 0 amide bonds. The van der Waals surface area contributed by atoms with Crippen molar-refractivity contribution < 1.29 is 0 Å². The minimum atomic E-state index is 0.288. The summed E-state index contributed by atoms with van der Waals surface area (Å²) in [5.41, 5.74) is 10.3. The predicted molar refractivity (Wildman–Crippen MR) is 86.6 cm³/mol. The van der Waals surface area contributed by atoms with Crippen LogP contribution >= 0.6 is 0 Å². The van der Waals surface area contributed by atoms with E-state index in [4.69, 9.17) is 10.8 Å². The van der Waals surface area contributed by atoms with Crippen molar-refractivity contribution in [2.24, 2.45) is 0 Å². The summed E-state index contributed by atoms with van der Waals surface area (Å²) < 4.78 is 2.12. The van der Waals surface area contributed by atoms with Crippen molar-refractivity contribution in [1.29, 1.82) is 0 Å². The van der Waals surface area contributed by atoms with Gasteiger partial charge in [-0.25, -0.2) is 4.68 Å². The first-order valence-corrected chi connectivity index (χ1v) is 7.31. The summed E-state index contributed by atoms with van der Waals surface area (Å²) in [6.07, 6.45) is 1.04. The molecule has 3 aromatic rings. The molecule has 1 aliphatic heterocycles. The summed E-state index contributed by atoms with van der Waals surface area (Å²) >= 11 is 0. The van der Waals surface area contributed by atoms with Crippen LogP contribution in [0, 0.1) is 6.92 Å². The molecule has 1 aliphatic rings. The van der Waals surface area contributed by atoms with Gasteiger partial charge in [0.15, 0.2) is 0 Å². The Morgan fingerprint density at radius 2 is 2.10 bits per heavy atom. The molecule has 4 rings (SSSR count). The summed E-state index contributed by atoms with van der Waals surface area (Å²) in [6.45, 7) is 3.13. The minimum absolute atomic E-state index is 0.288. The van der Waals surface area contributed by atoms with E-state index < -0.39 is 0 Å². The Morgan fingerprint density at radius 3 is 2.95 bits per heavy atom. The van der Waals surface area contributed by atoms with Crippen LogP contribution in [0.3, 0.4) is 0 Å². The molecule has 0 saturated carbocycles. The smallest absolute Gasteiger partial charge is 0.132 e. The number of aryl methyl sites for hydroxylation is 1. The molecule has 1 unspecified atom stereocenters. The highest BCUT2D eigenvalue weighted by molar-refractivity contribution is 5.92. The lowest BCUT2D eigenvalue weighted by molar-refractivity contribution is 0.484. The number of hydrogen-bond acceptors (Lipinski definition) is 3. The van der Waals surface area contributed by atoms with Gasteiger partial charge in [-0.15, -0.1) is 0 Å². The van der Waals surface area contributed by atoms with Crippen LogP contribution in [-0.4, -0.2) is 16.3 Å². The van der Waals surface area contributed by atoms with Gasteiger partial charge in [-0.3, -0.25) is 0 Å². The number of rotatable bonds is 1. The van der Waals surface area contributed by atoms with E-state index >= 15 is 0 Å². The molecular weight excluding hydrogens is 260 g/mol. The van der Waals surface area contributed by atoms with Gasteiger partial charge in [-0.2, -0.15) is 5.10 Å². The Hall–Kier alpha value is -2.49. The first kappa shape index (κ1) is 12.3. The summed E-state index contributed by atoms with van der Waals surface area (Å²) in [7, 11) is 0. The van der Waals surface area contributed by atoms with Gasteiger partial charge in [0.1, 0.15) is 5.82 Å². The maximum absolute atomic E-state index is 5.88. The Bertz CT molecular complexity index is 819. The lowest BCUT2D eigenvalue weighted by Gasteiger charge is -2.27. The molecule has 0 fully saturated rings. The van der Waals surface area contributed by atoms with E-state index in [1.165, 1.54) is 11.1 Å². The molecule has 4 nitrogen and oxygen atoms in total. The number of fused-ring (bicyclic) bond motifs is 3. The zero-order chi connectivity index (χ0) is 14.4. The number of nitrogen functional groups attached to an aromatic ring is 1. The third-order valence-corrected chi connectivity index (χ3v) is 4.27. The molecule has 0 bridgehead atoms. The maximum Gasteiger partial charge on any atom is 0.132 e. The van der Waals surface area contributed by atoms with E-state index in [0.29, 0.717) is 0 Å². The standard InChI is InChI=1S/C17H18N4/c1-11-4-2-3-5-13(11)16-8-9-19-17-14-7-6-12(18)10-15(14)20-21(16)17/h2-7,10,16,19H,8-9,18H2,1H3. The zero-order valence-electron chi connectivity index (χ0n) is 12.0. The van der Waals surface area contributed by atoms with E-state index in [-0.39, 0.29) is 6.04 Å². The SMILES string of the molecule is Cc1ccccc1C1CCNc2c3ccc(N)cc3nn21. The summed E-state index contributed by atoms with van der Waals surface area (Å²) in [6, 6.07) is 14.8. The number of nitrogens with zero attached hydrogens (tertiary/aromatic N) is 2. The Kier molecular flexibility index (Phi) is 2.64. The van der Waals surface area contributed by atoms with Crippen LogP contribution in [0.4, 0.5) is 11.5 Å². The molecular formula is C17H18N4. The molecule has 0 aliphatic carbocycles. The van der Waals surface area contributed by atoms with Crippen LogP contribution in [0.15, 0.2) is 42.5 Å². The first-order chi connectivity index (χ1) is 10.2. The van der Waals surface area contributed by atoms with Gasteiger partial charge in [-0.05, 0) is 42.7 Å². The molecule has 0 radical (unpaired) electrons. The fourth-order valence-corrected chi connectivity index (χ4v) is 3.22. The first-order valence-electron chi connectivity index (χ1n) is 7.31. The van der Waals surface area contributed by atoms with Crippen molar-refractivity contribution in [1.82, 2.24) is 9.78 Å². The third kappa shape index (κ3) is 1.87. The highest BCUT2D eigenvalue weighted by atomic mass is 15.4. The van der Waals surface area contributed by atoms with Crippen molar-refractivity contribution in [3.8, 4) is 0 Å². The number of hydrogen-bond donors (Lipinski definition) is 2. The minimum Gasteiger partial charge on any atom is -0.399 e. The molecule has 2 aromatic carbocycles. The van der Waals surface area contributed by atoms with Crippen molar-refractivity contribution >= 4 is 22.4 Å². The Labute approximate surface area is 123 Å². The number of nitrogens with one attached hydrogen (secondary N) is 1. The van der Waals surface area contributed by atoms with Gasteiger partial charge >= 0.3 is 0 Å². The van der Waals surface area contributed by atoms with Gasteiger partial charge < -0.3 is 11.1 Å². The van der Waals surface area contributed by atoms with Crippen LogP contribution < -0.4 is 11.1 Å². The second-order valence-electron chi connectivity index (χ2n) is 5.66. The molecule has 3 N–H and O–H groups in total. The van der Waals surface area contributed by atoms with Crippen LogP contribution in [-0.2, 0) is 0 Å². The fourth-order valence-electron chi connectivity index (χ4n) is 3.22. The van der Waals surface area contributed by atoms with E-state index in [9.17, 15) is 0 Å². The van der Waals surface area contributed by atoms with Gasteiger partial charge in [0.05, 0.1) is 11.6 Å². The number of anilines is 2. The van der Waals surface area contributed by atoms with Crippen molar-refractivity contribution in [2.45, 2.75) is 19.4 Å². The lowest BCUT2D eigenvalue weighted by Crippen LogP contribution is -2.24. The molecule has 4 heteroatoms. The molecule has 1 aromatic heterocycles. The third-order valence-electron chi connectivity index (χ3n) is 4.27. The molecule has 106 valence electrons. The quantitative estimate of drug-likeness (QED) is 0.671. The molecule has 1 atom stereocenters. The van der Waals surface area contributed by atoms with Gasteiger partial charge in [0.25, 0.3) is 0 Å². The second-order valence-corrected chi connectivity index (χ2v) is 5.66. The summed E-state index contributed by atoms with van der Waals surface area (Å²) in [4.78, 5) is 0. The zero-order valence-corrected chi connectivity index (χ0v) is 12.0.